The Kier molecular flexibility index (Phi) is 4.46. The van der Waals surface area contributed by atoms with Gasteiger partial charge in [-0.2, -0.15) is 18.4 Å². The van der Waals surface area contributed by atoms with Gasteiger partial charge in [0.2, 0.25) is 0 Å². The van der Waals surface area contributed by atoms with Gasteiger partial charge < -0.3 is 9.80 Å². The van der Waals surface area contributed by atoms with Gasteiger partial charge in [0, 0.05) is 6.54 Å². The monoisotopic (exact) mass is 455 g/mol. The molecule has 4 heterocycles. The van der Waals surface area contributed by atoms with Crippen molar-refractivity contribution < 1.29 is 27.6 Å². The molecule has 4 amide bonds. The average Bonchev–Trinajstić information content (AvgIpc) is 3.44. The Labute approximate surface area is 185 Å². The summed E-state index contributed by atoms with van der Waals surface area (Å²) < 4.78 is 40.3. The van der Waals surface area contributed by atoms with E-state index < -0.39 is 53.3 Å². The van der Waals surface area contributed by atoms with E-state index in [9.17, 15) is 27.6 Å². The number of carbonyl (C=O) groups excluding carboxylic acids is 3. The Balaban J connectivity index is 1.46. The number of hydrogen-bond donors (Lipinski definition) is 0. The van der Waals surface area contributed by atoms with Gasteiger partial charge in [-0.15, -0.1) is 0 Å². The Bertz CT molecular complexity index is 1250. The van der Waals surface area contributed by atoms with Gasteiger partial charge in [0.25, 0.3) is 11.8 Å². The van der Waals surface area contributed by atoms with Crippen LogP contribution >= 0.6 is 0 Å². The molecule has 2 aromatic rings. The van der Waals surface area contributed by atoms with Crippen molar-refractivity contribution in [3.05, 3.63) is 58.9 Å². The number of urea groups is 1. The maximum absolute atomic E-state index is 13.4. The molecule has 33 heavy (non-hydrogen) atoms. The zero-order valence-corrected chi connectivity index (χ0v) is 17.2. The topological polar surface area (TPSA) is 97.6 Å². The molecule has 3 saturated heterocycles. The summed E-state index contributed by atoms with van der Waals surface area (Å²) in [5, 5.41) is 9.06. The summed E-state index contributed by atoms with van der Waals surface area (Å²) in [6.45, 7) is 1.67. The molecule has 2 bridgehead atoms. The van der Waals surface area contributed by atoms with Crippen molar-refractivity contribution in [3.8, 4) is 6.07 Å². The summed E-state index contributed by atoms with van der Waals surface area (Å²) in [7, 11) is 0. The molecule has 1 aromatic heterocycles. The predicted octanol–water partition coefficient (Wildman–Crippen LogP) is 2.71. The van der Waals surface area contributed by atoms with Crippen LogP contribution in [0.5, 0.6) is 0 Å². The molecule has 1 unspecified atom stereocenters. The van der Waals surface area contributed by atoms with Crippen LogP contribution in [0.3, 0.4) is 0 Å². The fourth-order valence-electron chi connectivity index (χ4n) is 5.00. The van der Waals surface area contributed by atoms with Crippen molar-refractivity contribution in [2.45, 2.75) is 37.6 Å². The number of nitrogens with zero attached hydrogens (tertiary/aromatic N) is 5. The number of aryl methyl sites for hydroxylation is 1. The van der Waals surface area contributed by atoms with Gasteiger partial charge in [-0.3, -0.25) is 9.59 Å². The highest BCUT2D eigenvalue weighted by atomic mass is 19.4. The first-order valence-electron chi connectivity index (χ1n) is 10.1. The molecule has 168 valence electrons. The average molecular weight is 455 g/mol. The number of rotatable bonds is 2. The first-order chi connectivity index (χ1) is 15.6. The van der Waals surface area contributed by atoms with Crippen LogP contribution in [0.15, 0.2) is 36.5 Å². The number of pyridine rings is 1. The lowest BCUT2D eigenvalue weighted by Gasteiger charge is -2.35. The Hall–Kier alpha value is -3.94. The lowest BCUT2D eigenvalue weighted by Crippen LogP contribution is -2.55. The Morgan fingerprint density at radius 1 is 1.24 bits per heavy atom. The Morgan fingerprint density at radius 2 is 1.97 bits per heavy atom. The molecule has 0 N–H and O–H groups in total. The van der Waals surface area contributed by atoms with Gasteiger partial charge in [-0.25, -0.2) is 14.7 Å². The van der Waals surface area contributed by atoms with Crippen LogP contribution in [-0.2, 0) is 11.0 Å². The van der Waals surface area contributed by atoms with E-state index >= 15 is 0 Å². The van der Waals surface area contributed by atoms with Crippen molar-refractivity contribution >= 4 is 23.5 Å². The van der Waals surface area contributed by atoms with Crippen molar-refractivity contribution in [3.63, 3.8) is 0 Å². The van der Waals surface area contributed by atoms with Crippen molar-refractivity contribution in [1.82, 2.24) is 14.8 Å². The largest absolute Gasteiger partial charge is 0.417 e. The number of aromatic nitrogens is 1. The van der Waals surface area contributed by atoms with E-state index in [4.69, 9.17) is 5.26 Å². The summed E-state index contributed by atoms with van der Waals surface area (Å²) in [6, 6.07) is 5.21. The molecule has 5 rings (SSSR count). The first kappa shape index (κ1) is 20.9. The fraction of sp³-hybridized carbons (Fsp3) is 0.318. The number of anilines is 1. The predicted molar refractivity (Wildman–Crippen MR) is 107 cm³/mol. The van der Waals surface area contributed by atoms with Gasteiger partial charge >= 0.3 is 12.2 Å². The number of benzene rings is 1. The number of imide groups is 1. The lowest BCUT2D eigenvalue weighted by molar-refractivity contribution is -0.138. The van der Waals surface area contributed by atoms with Crippen LogP contribution in [0.2, 0.25) is 0 Å². The minimum Gasteiger partial charge on any atom is -0.331 e. The highest BCUT2D eigenvalue weighted by Gasteiger charge is 2.63. The molecular weight excluding hydrogens is 439 g/mol. The highest BCUT2D eigenvalue weighted by molar-refractivity contribution is 6.22. The highest BCUT2D eigenvalue weighted by Crippen LogP contribution is 2.43. The molecule has 8 nitrogen and oxygen atoms in total. The number of nitriles is 1. The number of piperazine rings is 1. The lowest BCUT2D eigenvalue weighted by atomic mass is 10.0. The molecule has 0 spiro atoms. The van der Waals surface area contributed by atoms with Crippen molar-refractivity contribution in [2.24, 2.45) is 0 Å². The minimum absolute atomic E-state index is 0.0453. The number of carbonyl (C=O) groups is 3. The van der Waals surface area contributed by atoms with E-state index in [1.165, 1.54) is 34.2 Å². The summed E-state index contributed by atoms with van der Waals surface area (Å²) in [6.07, 6.45) is -3.12. The summed E-state index contributed by atoms with van der Waals surface area (Å²) in [5.74, 6) is -1.38. The standard InChI is InChI=1S/C22H16F3N5O3/c1-11-6-12(9-27-16(11)8-26)30-20(32)18-17-7-13(29(18)21(30)33)10-28(17)19(31)14-4-2-3-5-15(14)22(23,24)25/h2-6,9,13,17-18H,7,10H2,1H3/t13-,17?,18+/m1/s1. The SMILES string of the molecule is Cc1cc(N2C(=O)[C@@H]3C4C[C@H](CN4C(=O)c4ccccc4C(F)(F)F)N3C2=O)cnc1C#N. The van der Waals surface area contributed by atoms with Crippen LogP contribution in [0.1, 0.15) is 33.6 Å². The molecule has 3 atom stereocenters. The van der Waals surface area contributed by atoms with Crippen LogP contribution in [0, 0.1) is 18.3 Å². The van der Waals surface area contributed by atoms with Crippen molar-refractivity contribution in [1.29, 1.82) is 5.26 Å². The van der Waals surface area contributed by atoms with E-state index in [2.05, 4.69) is 4.98 Å². The third-order valence-electron chi connectivity index (χ3n) is 6.42. The molecule has 0 radical (unpaired) electrons. The van der Waals surface area contributed by atoms with E-state index in [1.807, 2.05) is 6.07 Å². The molecule has 0 saturated carbocycles. The number of halogens is 3. The van der Waals surface area contributed by atoms with Crippen molar-refractivity contribution in [2.75, 3.05) is 11.4 Å². The number of alkyl halides is 3. The maximum atomic E-state index is 13.4. The number of hydrogen-bond acceptors (Lipinski definition) is 5. The van der Waals surface area contributed by atoms with Crippen LogP contribution in [-0.4, -0.2) is 57.3 Å². The third kappa shape index (κ3) is 2.97. The second kappa shape index (κ2) is 7.03. The van der Waals surface area contributed by atoms with Crippen LogP contribution < -0.4 is 4.90 Å². The maximum Gasteiger partial charge on any atom is 0.417 e. The van der Waals surface area contributed by atoms with E-state index in [-0.39, 0.29) is 17.9 Å². The number of fused-ring (bicyclic) bond motifs is 5. The number of likely N-dealkylation sites (tertiary alicyclic amines) is 1. The molecule has 3 aliphatic rings. The van der Waals surface area contributed by atoms with E-state index in [1.54, 1.807) is 6.92 Å². The third-order valence-corrected chi connectivity index (χ3v) is 6.42. The second-order valence-corrected chi connectivity index (χ2v) is 8.24. The van der Waals surface area contributed by atoms with Gasteiger partial charge in [0.1, 0.15) is 17.8 Å². The normalized spacial score (nSPS) is 23.8. The first-order valence-corrected chi connectivity index (χ1v) is 10.1. The minimum atomic E-state index is -4.70. The molecule has 11 heteroatoms. The zero-order chi connectivity index (χ0) is 23.7. The summed E-state index contributed by atoms with van der Waals surface area (Å²) in [5.41, 5.74) is -0.658. The molecular formula is C22H16F3N5O3. The Morgan fingerprint density at radius 3 is 2.64 bits per heavy atom. The molecule has 3 aliphatic heterocycles. The smallest absolute Gasteiger partial charge is 0.331 e. The van der Waals surface area contributed by atoms with Gasteiger partial charge in [0.15, 0.2) is 0 Å². The van der Waals surface area contributed by atoms with Crippen LogP contribution in [0.4, 0.5) is 23.7 Å². The van der Waals surface area contributed by atoms with Gasteiger partial charge in [0.05, 0.1) is 35.1 Å². The van der Waals surface area contributed by atoms with Crippen LogP contribution in [0.25, 0.3) is 0 Å². The van der Waals surface area contributed by atoms with E-state index in [0.717, 1.165) is 17.0 Å². The quantitative estimate of drug-likeness (QED) is 0.649. The molecule has 0 aliphatic carbocycles. The summed E-state index contributed by atoms with van der Waals surface area (Å²) in [4.78, 5) is 47.0. The van der Waals surface area contributed by atoms with E-state index in [0.29, 0.717) is 12.0 Å². The second-order valence-electron chi connectivity index (χ2n) is 8.24. The zero-order valence-electron chi connectivity index (χ0n) is 17.2. The number of amides is 4. The van der Waals surface area contributed by atoms with Gasteiger partial charge in [-0.1, -0.05) is 12.1 Å². The molecule has 1 aromatic carbocycles. The fourth-order valence-corrected chi connectivity index (χ4v) is 5.00. The summed E-state index contributed by atoms with van der Waals surface area (Å²) >= 11 is 0. The van der Waals surface area contributed by atoms with Gasteiger partial charge in [-0.05, 0) is 37.1 Å². The molecule has 3 fully saturated rings.